The van der Waals surface area contributed by atoms with Crippen LogP contribution in [-0.4, -0.2) is 20.8 Å². The normalized spacial score (nSPS) is 18.6. The van der Waals surface area contributed by atoms with Gasteiger partial charge in [-0.25, -0.2) is 4.68 Å². The lowest BCUT2D eigenvalue weighted by Gasteiger charge is -2.17. The van der Waals surface area contributed by atoms with Crippen LogP contribution in [0.2, 0.25) is 0 Å². The first-order valence-corrected chi connectivity index (χ1v) is 6.95. The van der Waals surface area contributed by atoms with Crippen LogP contribution in [0.5, 0.6) is 0 Å². The minimum absolute atomic E-state index is 0.0470. The quantitative estimate of drug-likeness (QED) is 0.802. The Morgan fingerprint density at radius 1 is 1.30 bits per heavy atom. The third-order valence-corrected chi connectivity index (χ3v) is 3.75. The van der Waals surface area contributed by atoms with Crippen LogP contribution in [0.25, 0.3) is 5.69 Å². The molecule has 1 unspecified atom stereocenters. The molecule has 0 saturated heterocycles. The minimum Gasteiger partial charge on any atom is -0.287 e. The second kappa shape index (κ2) is 5.41. The van der Waals surface area contributed by atoms with Crippen LogP contribution in [-0.2, 0) is 0 Å². The van der Waals surface area contributed by atoms with Gasteiger partial charge < -0.3 is 0 Å². The summed E-state index contributed by atoms with van der Waals surface area (Å²) in [5, 5.41) is 7.93. The van der Waals surface area contributed by atoms with Crippen LogP contribution in [0.15, 0.2) is 48.2 Å². The molecule has 0 radical (unpaired) electrons. The highest BCUT2D eigenvalue weighted by atomic mass is 16.1. The van der Waals surface area contributed by atoms with Gasteiger partial charge in [-0.05, 0) is 42.9 Å². The molecule has 1 aliphatic rings. The number of allylic oxidation sites excluding steroid dienone is 2. The predicted octanol–water partition coefficient (Wildman–Crippen LogP) is 3.20. The van der Waals surface area contributed by atoms with E-state index in [4.69, 9.17) is 0 Å². The molecule has 1 atom stereocenters. The molecule has 20 heavy (non-hydrogen) atoms. The summed E-state index contributed by atoms with van der Waals surface area (Å²) in [6, 6.07) is 9.62. The van der Waals surface area contributed by atoms with Crippen molar-refractivity contribution in [3.63, 3.8) is 0 Å². The third kappa shape index (κ3) is 2.41. The second-order valence-corrected chi connectivity index (χ2v) is 5.30. The van der Waals surface area contributed by atoms with Crippen molar-refractivity contribution in [2.24, 2.45) is 5.92 Å². The zero-order valence-electron chi connectivity index (χ0n) is 11.5. The molecule has 0 fully saturated rings. The van der Waals surface area contributed by atoms with Crippen LogP contribution < -0.4 is 0 Å². The summed E-state index contributed by atoms with van der Waals surface area (Å²) in [5.41, 5.74) is 2.29. The first kappa shape index (κ1) is 12.8. The summed E-state index contributed by atoms with van der Waals surface area (Å²) in [7, 11) is 0. The number of carbonyl (C=O) groups excluding carboxylic acids is 1. The Morgan fingerprint density at radius 3 is 2.80 bits per heavy atom. The lowest BCUT2D eigenvalue weighted by atomic mass is 9.88. The van der Waals surface area contributed by atoms with E-state index in [9.17, 15) is 4.79 Å². The Balaban J connectivity index is 1.92. The summed E-state index contributed by atoms with van der Waals surface area (Å²) in [5.74, 6) is 0.717. The molecule has 4 nitrogen and oxygen atoms in total. The molecular formula is C16H17N3O. The summed E-state index contributed by atoms with van der Waals surface area (Å²) in [6.07, 6.45) is 6.52. The van der Waals surface area contributed by atoms with Gasteiger partial charge in [0, 0.05) is 0 Å². The van der Waals surface area contributed by atoms with Gasteiger partial charge in [-0.2, -0.15) is 0 Å². The summed E-state index contributed by atoms with van der Waals surface area (Å²) < 4.78 is 1.61. The van der Waals surface area contributed by atoms with E-state index in [-0.39, 0.29) is 5.78 Å². The van der Waals surface area contributed by atoms with E-state index in [1.165, 1.54) is 0 Å². The van der Waals surface area contributed by atoms with Gasteiger partial charge in [0.15, 0.2) is 0 Å². The van der Waals surface area contributed by atoms with Crippen molar-refractivity contribution in [1.82, 2.24) is 15.0 Å². The molecule has 0 amide bonds. The monoisotopic (exact) mass is 267 g/mol. The number of hydrogen-bond donors (Lipinski definition) is 0. The van der Waals surface area contributed by atoms with Crippen molar-refractivity contribution < 1.29 is 4.79 Å². The molecule has 0 saturated carbocycles. The lowest BCUT2D eigenvalue weighted by molar-refractivity contribution is 0.102. The fraction of sp³-hybridized carbons (Fsp3) is 0.312. The fourth-order valence-corrected chi connectivity index (χ4v) is 2.49. The van der Waals surface area contributed by atoms with Crippen LogP contribution in [0.3, 0.4) is 0 Å². The standard InChI is InChI=1S/C16H17N3O/c1-12-7-9-13(10-8-12)16(20)15-11-17-18-19(15)14-5-3-2-4-6-14/h2-6,9,11-12H,7-8,10H2,1H3. The van der Waals surface area contributed by atoms with Crippen molar-refractivity contribution >= 4 is 5.78 Å². The van der Waals surface area contributed by atoms with E-state index >= 15 is 0 Å². The van der Waals surface area contributed by atoms with Crippen molar-refractivity contribution in [1.29, 1.82) is 0 Å². The van der Waals surface area contributed by atoms with Crippen LogP contribution >= 0.6 is 0 Å². The van der Waals surface area contributed by atoms with Gasteiger partial charge >= 0.3 is 0 Å². The van der Waals surface area contributed by atoms with E-state index in [1.807, 2.05) is 30.3 Å². The highest BCUT2D eigenvalue weighted by Crippen LogP contribution is 2.25. The van der Waals surface area contributed by atoms with Gasteiger partial charge in [0.05, 0.1) is 11.9 Å². The number of ketones is 1. The van der Waals surface area contributed by atoms with Gasteiger partial charge in [-0.1, -0.05) is 36.4 Å². The van der Waals surface area contributed by atoms with Gasteiger partial charge in [0.25, 0.3) is 0 Å². The first-order chi connectivity index (χ1) is 9.75. The van der Waals surface area contributed by atoms with Crippen molar-refractivity contribution in [3.8, 4) is 5.69 Å². The number of rotatable bonds is 3. The average Bonchev–Trinajstić information content (AvgIpc) is 2.97. The maximum absolute atomic E-state index is 12.6. The second-order valence-electron chi connectivity index (χ2n) is 5.30. The Kier molecular flexibility index (Phi) is 3.46. The van der Waals surface area contributed by atoms with Crippen LogP contribution in [0.1, 0.15) is 36.7 Å². The lowest BCUT2D eigenvalue weighted by Crippen LogP contribution is -2.14. The third-order valence-electron chi connectivity index (χ3n) is 3.75. The zero-order chi connectivity index (χ0) is 13.9. The molecule has 0 N–H and O–H groups in total. The molecule has 0 spiro atoms. The molecule has 2 aromatic rings. The summed E-state index contributed by atoms with van der Waals surface area (Å²) >= 11 is 0. The van der Waals surface area contributed by atoms with Gasteiger partial charge in [0.1, 0.15) is 5.69 Å². The smallest absolute Gasteiger partial charge is 0.208 e. The molecule has 1 aliphatic carbocycles. The molecule has 0 aliphatic heterocycles. The SMILES string of the molecule is CC1CC=C(C(=O)c2cnnn2-c2ccccc2)CC1. The Labute approximate surface area is 118 Å². The van der Waals surface area contributed by atoms with Gasteiger partial charge in [-0.15, -0.1) is 5.10 Å². The zero-order valence-corrected chi connectivity index (χ0v) is 11.5. The molecule has 0 bridgehead atoms. The Hall–Kier alpha value is -2.23. The molecular weight excluding hydrogens is 250 g/mol. The number of aromatic nitrogens is 3. The molecule has 3 rings (SSSR count). The molecule has 1 aromatic carbocycles. The van der Waals surface area contributed by atoms with E-state index in [0.717, 1.165) is 30.5 Å². The Morgan fingerprint density at radius 2 is 2.10 bits per heavy atom. The predicted molar refractivity (Wildman–Crippen MR) is 76.8 cm³/mol. The van der Waals surface area contributed by atoms with Gasteiger partial charge in [-0.3, -0.25) is 4.79 Å². The maximum Gasteiger partial charge on any atom is 0.208 e. The topological polar surface area (TPSA) is 47.8 Å². The van der Waals surface area contributed by atoms with E-state index in [0.29, 0.717) is 11.6 Å². The van der Waals surface area contributed by atoms with Crippen molar-refractivity contribution in [2.75, 3.05) is 0 Å². The minimum atomic E-state index is 0.0470. The highest BCUT2D eigenvalue weighted by Gasteiger charge is 2.21. The maximum atomic E-state index is 12.6. The summed E-state index contributed by atoms with van der Waals surface area (Å²) in [4.78, 5) is 12.6. The van der Waals surface area contributed by atoms with Crippen molar-refractivity contribution in [2.45, 2.75) is 26.2 Å². The van der Waals surface area contributed by atoms with Gasteiger partial charge in [0.2, 0.25) is 5.78 Å². The highest BCUT2D eigenvalue weighted by molar-refractivity contribution is 6.07. The number of para-hydroxylation sites is 1. The molecule has 4 heteroatoms. The van der Waals surface area contributed by atoms with E-state index in [1.54, 1.807) is 10.9 Å². The molecule has 1 aromatic heterocycles. The fourth-order valence-electron chi connectivity index (χ4n) is 2.49. The van der Waals surface area contributed by atoms with E-state index in [2.05, 4.69) is 23.3 Å². The van der Waals surface area contributed by atoms with Crippen LogP contribution in [0.4, 0.5) is 0 Å². The first-order valence-electron chi connectivity index (χ1n) is 6.95. The summed E-state index contributed by atoms with van der Waals surface area (Å²) in [6.45, 7) is 2.22. The number of nitrogens with zero attached hydrogens (tertiary/aromatic N) is 3. The molecule has 1 heterocycles. The van der Waals surface area contributed by atoms with Crippen molar-refractivity contribution in [3.05, 3.63) is 53.9 Å². The average molecular weight is 267 g/mol. The largest absolute Gasteiger partial charge is 0.287 e. The number of Topliss-reactive ketones (excluding diaryl/α,β-unsaturated/α-hetero) is 1. The number of benzene rings is 1. The number of carbonyl (C=O) groups is 1. The Bertz CT molecular complexity index is 643. The number of hydrogen-bond acceptors (Lipinski definition) is 3. The molecule has 102 valence electrons. The van der Waals surface area contributed by atoms with E-state index < -0.39 is 0 Å². The van der Waals surface area contributed by atoms with Crippen LogP contribution in [0, 0.1) is 5.92 Å².